The third kappa shape index (κ3) is 4.32. The maximum Gasteiger partial charge on any atom is 0.0812 e. The first kappa shape index (κ1) is 21.8. The highest BCUT2D eigenvalue weighted by Crippen LogP contribution is 2.59. The maximum absolute atomic E-state index is 10.4. The highest BCUT2D eigenvalue weighted by atomic mass is 16.3. The Morgan fingerprint density at radius 1 is 1.14 bits per heavy atom. The van der Waals surface area contributed by atoms with Gasteiger partial charge < -0.3 is 15.3 Å². The molecule has 0 aliphatic heterocycles. The average Bonchev–Trinajstić information content (AvgIpc) is 3.02. The number of rotatable bonds is 5. The highest BCUT2D eigenvalue weighted by Gasteiger charge is 2.50. The molecule has 0 aromatic carbocycles. The van der Waals surface area contributed by atoms with Gasteiger partial charge >= 0.3 is 0 Å². The third-order valence-electron chi connectivity index (χ3n) is 8.09. The van der Waals surface area contributed by atoms with Crippen molar-refractivity contribution in [1.82, 2.24) is 0 Å². The zero-order valence-electron chi connectivity index (χ0n) is 18.0. The molecule has 3 rings (SSSR count). The molecular formula is C25H40O3. The summed E-state index contributed by atoms with van der Waals surface area (Å²) in [6.45, 7) is 7.35. The van der Waals surface area contributed by atoms with Crippen LogP contribution in [0.2, 0.25) is 0 Å². The lowest BCUT2D eigenvalue weighted by atomic mass is 9.61. The summed E-state index contributed by atoms with van der Waals surface area (Å²) in [5.74, 6) is 2.35. The molecule has 3 aliphatic carbocycles. The third-order valence-corrected chi connectivity index (χ3v) is 8.09. The molecule has 3 N–H and O–H groups in total. The SMILES string of the molecule is CC[C@@H](C)C1CCC2/C(=C/C=C3C[C@@H](O)C(=CCCO)[C@H](O)C3)CCC[C@@]21C. The van der Waals surface area contributed by atoms with E-state index in [1.54, 1.807) is 11.6 Å². The van der Waals surface area contributed by atoms with Crippen molar-refractivity contribution >= 4 is 0 Å². The molecule has 3 heteroatoms. The standard InChI is InChI=1S/C25H40O3/c1-4-17(2)21-11-12-22-19(7-5-13-25(21,22)3)10-9-18-15-23(27)20(8-6-14-26)24(28)16-18/h8-10,17,21-24,26-28H,4-7,11-16H2,1-3H3/b18-9?,19-10+,20-8?/t17-,21?,22?,23-,24-,25-/m1/s1. The molecule has 0 aromatic rings. The van der Waals surface area contributed by atoms with Gasteiger partial charge in [0.05, 0.1) is 12.2 Å². The summed E-state index contributed by atoms with van der Waals surface area (Å²) in [5, 5.41) is 29.8. The molecule has 2 unspecified atom stereocenters. The van der Waals surface area contributed by atoms with Crippen molar-refractivity contribution in [2.24, 2.45) is 23.2 Å². The van der Waals surface area contributed by atoms with E-state index in [0.29, 0.717) is 36.2 Å². The Bertz CT molecular complexity index is 616. The molecule has 158 valence electrons. The summed E-state index contributed by atoms with van der Waals surface area (Å²) in [5.41, 5.74) is 3.86. The number of allylic oxidation sites excluding steroid dienone is 3. The van der Waals surface area contributed by atoms with Crippen molar-refractivity contribution < 1.29 is 15.3 Å². The minimum absolute atomic E-state index is 0.0511. The molecule has 28 heavy (non-hydrogen) atoms. The minimum Gasteiger partial charge on any atom is -0.396 e. The predicted molar refractivity (Wildman–Crippen MR) is 115 cm³/mol. The first-order valence-electron chi connectivity index (χ1n) is 11.5. The fraction of sp³-hybridized carbons (Fsp3) is 0.760. The Labute approximate surface area is 171 Å². The molecule has 6 atom stereocenters. The van der Waals surface area contributed by atoms with Gasteiger partial charge in [-0.25, -0.2) is 0 Å². The van der Waals surface area contributed by atoms with E-state index < -0.39 is 12.2 Å². The summed E-state index contributed by atoms with van der Waals surface area (Å²) in [4.78, 5) is 0. The Morgan fingerprint density at radius 2 is 1.86 bits per heavy atom. The first-order chi connectivity index (χ1) is 13.4. The number of aliphatic hydroxyl groups is 3. The van der Waals surface area contributed by atoms with Crippen LogP contribution in [0.1, 0.15) is 78.6 Å². The van der Waals surface area contributed by atoms with E-state index in [4.69, 9.17) is 5.11 Å². The highest BCUT2D eigenvalue weighted by molar-refractivity contribution is 5.30. The number of hydrogen-bond acceptors (Lipinski definition) is 3. The van der Waals surface area contributed by atoms with Crippen molar-refractivity contribution in [1.29, 1.82) is 0 Å². The molecule has 0 spiro atoms. The van der Waals surface area contributed by atoms with Gasteiger partial charge in [0.15, 0.2) is 0 Å². The van der Waals surface area contributed by atoms with Crippen LogP contribution in [-0.2, 0) is 0 Å². The van der Waals surface area contributed by atoms with E-state index >= 15 is 0 Å². The molecule has 3 nitrogen and oxygen atoms in total. The molecule has 3 fully saturated rings. The lowest BCUT2D eigenvalue weighted by molar-refractivity contribution is 0.0961. The average molecular weight is 389 g/mol. The molecule has 0 radical (unpaired) electrons. The maximum atomic E-state index is 10.4. The molecular weight excluding hydrogens is 348 g/mol. The molecule has 0 heterocycles. The predicted octanol–water partition coefficient (Wildman–Crippen LogP) is 4.93. The van der Waals surface area contributed by atoms with Crippen LogP contribution in [0.25, 0.3) is 0 Å². The van der Waals surface area contributed by atoms with Crippen molar-refractivity contribution in [3.05, 3.63) is 34.9 Å². The van der Waals surface area contributed by atoms with Crippen LogP contribution < -0.4 is 0 Å². The quantitative estimate of drug-likeness (QED) is 0.586. The largest absolute Gasteiger partial charge is 0.396 e. The van der Waals surface area contributed by atoms with Crippen LogP contribution in [0.5, 0.6) is 0 Å². The monoisotopic (exact) mass is 388 g/mol. The van der Waals surface area contributed by atoms with Crippen LogP contribution in [-0.4, -0.2) is 34.1 Å². The minimum atomic E-state index is -0.627. The molecule has 3 aliphatic rings. The number of hydrogen-bond donors (Lipinski definition) is 3. The van der Waals surface area contributed by atoms with Crippen molar-refractivity contribution in [3.63, 3.8) is 0 Å². The lowest BCUT2D eigenvalue weighted by Gasteiger charge is -2.44. The van der Waals surface area contributed by atoms with E-state index in [2.05, 4.69) is 32.9 Å². The first-order valence-corrected chi connectivity index (χ1v) is 11.5. The second-order valence-corrected chi connectivity index (χ2v) is 9.70. The number of fused-ring (bicyclic) bond motifs is 1. The van der Waals surface area contributed by atoms with E-state index in [9.17, 15) is 10.2 Å². The molecule has 3 saturated carbocycles. The van der Waals surface area contributed by atoms with Crippen LogP contribution in [0.15, 0.2) is 34.9 Å². The van der Waals surface area contributed by atoms with Gasteiger partial charge in [-0.1, -0.05) is 56.6 Å². The van der Waals surface area contributed by atoms with Crippen molar-refractivity contribution in [2.75, 3.05) is 6.61 Å². The Morgan fingerprint density at radius 3 is 2.50 bits per heavy atom. The van der Waals surface area contributed by atoms with Crippen LogP contribution >= 0.6 is 0 Å². The summed E-state index contributed by atoms with van der Waals surface area (Å²) >= 11 is 0. The van der Waals surface area contributed by atoms with E-state index in [1.165, 1.54) is 38.5 Å². The van der Waals surface area contributed by atoms with Crippen LogP contribution in [0.4, 0.5) is 0 Å². The second-order valence-electron chi connectivity index (χ2n) is 9.70. The molecule has 0 bridgehead atoms. The molecule has 0 amide bonds. The fourth-order valence-electron chi connectivity index (χ4n) is 6.40. The van der Waals surface area contributed by atoms with Gasteiger partial charge in [-0.05, 0) is 80.1 Å². The Kier molecular flexibility index (Phi) is 7.22. The smallest absolute Gasteiger partial charge is 0.0812 e. The lowest BCUT2D eigenvalue weighted by Crippen LogP contribution is -2.35. The topological polar surface area (TPSA) is 60.7 Å². The zero-order valence-corrected chi connectivity index (χ0v) is 18.0. The zero-order chi connectivity index (χ0) is 20.3. The normalized spacial score (nSPS) is 38.4. The number of aliphatic hydroxyl groups excluding tert-OH is 3. The van der Waals surface area contributed by atoms with Crippen LogP contribution in [0.3, 0.4) is 0 Å². The van der Waals surface area contributed by atoms with Crippen molar-refractivity contribution in [2.45, 2.75) is 90.8 Å². The van der Waals surface area contributed by atoms with Gasteiger partial charge in [0.1, 0.15) is 0 Å². The van der Waals surface area contributed by atoms with E-state index in [0.717, 1.165) is 17.4 Å². The summed E-state index contributed by atoms with van der Waals surface area (Å²) in [6.07, 6.45) is 14.5. The second kappa shape index (κ2) is 9.28. The summed E-state index contributed by atoms with van der Waals surface area (Å²) in [7, 11) is 0. The molecule has 0 saturated heterocycles. The van der Waals surface area contributed by atoms with Gasteiger partial charge in [0, 0.05) is 6.61 Å². The van der Waals surface area contributed by atoms with Gasteiger partial charge in [0.2, 0.25) is 0 Å². The van der Waals surface area contributed by atoms with Gasteiger partial charge in [0.25, 0.3) is 0 Å². The fourth-order valence-corrected chi connectivity index (χ4v) is 6.40. The molecule has 0 aromatic heterocycles. The van der Waals surface area contributed by atoms with Gasteiger partial charge in [-0.3, -0.25) is 0 Å². The summed E-state index contributed by atoms with van der Waals surface area (Å²) < 4.78 is 0. The Hall–Kier alpha value is -0.900. The van der Waals surface area contributed by atoms with Gasteiger partial charge in [-0.15, -0.1) is 0 Å². The van der Waals surface area contributed by atoms with Gasteiger partial charge in [-0.2, -0.15) is 0 Å². The van der Waals surface area contributed by atoms with Crippen LogP contribution in [0, 0.1) is 23.2 Å². The Balaban J connectivity index is 1.74. The van der Waals surface area contributed by atoms with E-state index in [1.807, 2.05) is 0 Å². The van der Waals surface area contributed by atoms with E-state index in [-0.39, 0.29) is 6.61 Å². The summed E-state index contributed by atoms with van der Waals surface area (Å²) in [6, 6.07) is 0. The van der Waals surface area contributed by atoms with Crippen molar-refractivity contribution in [3.8, 4) is 0 Å².